The van der Waals surface area contributed by atoms with Crippen LogP contribution in [0, 0.1) is 0 Å². The minimum atomic E-state index is 0.629. The molecule has 1 aliphatic rings. The van der Waals surface area contributed by atoms with Gasteiger partial charge in [0.2, 0.25) is 0 Å². The summed E-state index contributed by atoms with van der Waals surface area (Å²) in [6.07, 6.45) is 5.29. The predicted molar refractivity (Wildman–Crippen MR) is 57.8 cm³/mol. The van der Waals surface area contributed by atoms with Crippen molar-refractivity contribution in [3.8, 4) is 0 Å². The largest absolute Gasteiger partial charge is 0.348 e. The second kappa shape index (κ2) is 4.29. The zero-order valence-corrected chi connectivity index (χ0v) is 9.07. The van der Waals surface area contributed by atoms with Gasteiger partial charge in [0.15, 0.2) is 5.13 Å². The van der Waals surface area contributed by atoms with Gasteiger partial charge in [-0.15, -0.1) is 11.3 Å². The van der Waals surface area contributed by atoms with Crippen LogP contribution in [0.15, 0.2) is 5.38 Å². The molecule has 2 heterocycles. The Kier molecular flexibility index (Phi) is 3.06. The van der Waals surface area contributed by atoms with Crippen molar-refractivity contribution < 1.29 is 0 Å². The van der Waals surface area contributed by atoms with Crippen molar-refractivity contribution in [2.45, 2.75) is 25.7 Å². The average molecular weight is 217 g/mol. The van der Waals surface area contributed by atoms with Crippen molar-refractivity contribution in [2.24, 2.45) is 0 Å². The molecule has 0 N–H and O–H groups in total. The molecule has 1 saturated heterocycles. The van der Waals surface area contributed by atoms with E-state index in [2.05, 4.69) is 9.88 Å². The highest BCUT2D eigenvalue weighted by atomic mass is 35.5. The number of anilines is 1. The first-order valence-electron chi connectivity index (χ1n) is 4.72. The minimum absolute atomic E-state index is 0.629. The summed E-state index contributed by atoms with van der Waals surface area (Å²) in [6.45, 7) is 2.29. The lowest BCUT2D eigenvalue weighted by atomic mass is 10.2. The molecule has 1 aliphatic heterocycles. The maximum Gasteiger partial charge on any atom is 0.186 e. The van der Waals surface area contributed by atoms with Gasteiger partial charge in [-0.25, -0.2) is 4.98 Å². The molecule has 1 aromatic heterocycles. The molecule has 0 saturated carbocycles. The molecule has 0 bridgehead atoms. The first-order chi connectivity index (χ1) is 6.36. The molecular weight excluding hydrogens is 204 g/mol. The van der Waals surface area contributed by atoms with E-state index in [-0.39, 0.29) is 0 Å². The monoisotopic (exact) mass is 216 g/mol. The second-order valence-electron chi connectivity index (χ2n) is 3.35. The Bertz CT molecular complexity index is 266. The Labute approximate surface area is 87.5 Å². The van der Waals surface area contributed by atoms with Crippen LogP contribution in [0.25, 0.3) is 0 Å². The number of hydrogen-bond acceptors (Lipinski definition) is 3. The zero-order chi connectivity index (χ0) is 9.10. The molecule has 72 valence electrons. The van der Waals surface area contributed by atoms with Crippen LogP contribution in [0.1, 0.15) is 25.7 Å². The standard InChI is InChI=1S/C9H13ClN2S/c10-8-7-13-9(11-8)12-5-3-1-2-4-6-12/h7H,1-6H2. The maximum atomic E-state index is 5.79. The Balaban J connectivity index is 2.06. The van der Waals surface area contributed by atoms with E-state index in [1.165, 1.54) is 25.7 Å². The van der Waals surface area contributed by atoms with Crippen molar-refractivity contribution in [1.29, 1.82) is 0 Å². The van der Waals surface area contributed by atoms with Crippen molar-refractivity contribution in [2.75, 3.05) is 18.0 Å². The molecule has 2 rings (SSSR count). The number of rotatable bonds is 1. The highest BCUT2D eigenvalue weighted by Gasteiger charge is 2.12. The van der Waals surface area contributed by atoms with Crippen LogP contribution < -0.4 is 4.90 Å². The molecule has 0 unspecified atom stereocenters. The molecule has 0 aromatic carbocycles. The first kappa shape index (κ1) is 9.28. The lowest BCUT2D eigenvalue weighted by Gasteiger charge is -2.18. The lowest BCUT2D eigenvalue weighted by molar-refractivity contribution is 0.726. The smallest absolute Gasteiger partial charge is 0.186 e. The summed E-state index contributed by atoms with van der Waals surface area (Å²) < 4.78 is 0. The third-order valence-corrected chi connectivity index (χ3v) is 3.57. The van der Waals surface area contributed by atoms with Crippen LogP contribution in [-0.4, -0.2) is 18.1 Å². The fraction of sp³-hybridized carbons (Fsp3) is 0.667. The van der Waals surface area contributed by atoms with Crippen LogP contribution in [0.2, 0.25) is 5.15 Å². The molecule has 0 spiro atoms. The minimum Gasteiger partial charge on any atom is -0.348 e. The molecule has 4 heteroatoms. The zero-order valence-electron chi connectivity index (χ0n) is 7.50. The number of hydrogen-bond donors (Lipinski definition) is 0. The summed E-state index contributed by atoms with van der Waals surface area (Å²) in [4.78, 5) is 6.64. The Morgan fingerprint density at radius 3 is 2.46 bits per heavy atom. The van der Waals surface area contributed by atoms with Gasteiger partial charge in [-0.3, -0.25) is 0 Å². The SMILES string of the molecule is Clc1csc(N2CCCCCC2)n1. The summed E-state index contributed by atoms with van der Waals surface area (Å²) in [7, 11) is 0. The van der Waals surface area contributed by atoms with E-state index >= 15 is 0 Å². The van der Waals surface area contributed by atoms with Crippen molar-refractivity contribution in [3.05, 3.63) is 10.5 Å². The van der Waals surface area contributed by atoms with E-state index in [4.69, 9.17) is 11.6 Å². The van der Waals surface area contributed by atoms with Gasteiger partial charge in [-0.05, 0) is 12.8 Å². The van der Waals surface area contributed by atoms with E-state index < -0.39 is 0 Å². The molecule has 1 fully saturated rings. The lowest BCUT2D eigenvalue weighted by Crippen LogP contribution is -2.23. The number of halogens is 1. The van der Waals surface area contributed by atoms with E-state index in [1.54, 1.807) is 11.3 Å². The molecule has 0 atom stereocenters. The van der Waals surface area contributed by atoms with Gasteiger partial charge in [0, 0.05) is 18.5 Å². The van der Waals surface area contributed by atoms with Crippen molar-refractivity contribution in [3.63, 3.8) is 0 Å². The quantitative estimate of drug-likeness (QED) is 0.717. The Hall–Kier alpha value is -0.280. The van der Waals surface area contributed by atoms with Crippen LogP contribution in [-0.2, 0) is 0 Å². The predicted octanol–water partition coefficient (Wildman–Crippen LogP) is 3.18. The highest BCUT2D eigenvalue weighted by molar-refractivity contribution is 7.14. The first-order valence-corrected chi connectivity index (χ1v) is 5.98. The van der Waals surface area contributed by atoms with E-state index in [1.807, 2.05) is 5.38 Å². The normalized spacial score (nSPS) is 18.7. The summed E-state index contributed by atoms with van der Waals surface area (Å²) >= 11 is 7.44. The molecule has 13 heavy (non-hydrogen) atoms. The van der Waals surface area contributed by atoms with Crippen molar-refractivity contribution >= 4 is 28.1 Å². The molecule has 1 aromatic rings. The topological polar surface area (TPSA) is 16.1 Å². The summed E-state index contributed by atoms with van der Waals surface area (Å²) in [5.41, 5.74) is 0. The van der Waals surface area contributed by atoms with Crippen molar-refractivity contribution in [1.82, 2.24) is 4.98 Å². The van der Waals surface area contributed by atoms with E-state index in [0.29, 0.717) is 5.15 Å². The molecule has 0 amide bonds. The molecule has 0 aliphatic carbocycles. The molecule has 0 radical (unpaired) electrons. The van der Waals surface area contributed by atoms with Gasteiger partial charge in [-0.1, -0.05) is 24.4 Å². The fourth-order valence-corrected chi connectivity index (χ4v) is 2.65. The van der Waals surface area contributed by atoms with Gasteiger partial charge in [0.25, 0.3) is 0 Å². The Morgan fingerprint density at radius 2 is 1.92 bits per heavy atom. The summed E-state index contributed by atoms with van der Waals surface area (Å²) in [6, 6.07) is 0. The van der Waals surface area contributed by atoms with Crippen LogP contribution in [0.3, 0.4) is 0 Å². The average Bonchev–Trinajstić information content (AvgIpc) is 2.43. The van der Waals surface area contributed by atoms with Gasteiger partial charge < -0.3 is 4.90 Å². The maximum absolute atomic E-state index is 5.79. The van der Waals surface area contributed by atoms with E-state index in [9.17, 15) is 0 Å². The number of aromatic nitrogens is 1. The van der Waals surface area contributed by atoms with Gasteiger partial charge in [0.05, 0.1) is 0 Å². The fourth-order valence-electron chi connectivity index (χ4n) is 1.65. The van der Waals surface area contributed by atoms with Crippen LogP contribution >= 0.6 is 22.9 Å². The van der Waals surface area contributed by atoms with Crippen LogP contribution in [0.5, 0.6) is 0 Å². The highest BCUT2D eigenvalue weighted by Crippen LogP contribution is 2.25. The second-order valence-corrected chi connectivity index (χ2v) is 4.58. The summed E-state index contributed by atoms with van der Waals surface area (Å²) in [5, 5.41) is 3.62. The van der Waals surface area contributed by atoms with E-state index in [0.717, 1.165) is 18.2 Å². The number of nitrogens with zero attached hydrogens (tertiary/aromatic N) is 2. The summed E-state index contributed by atoms with van der Waals surface area (Å²) in [5.74, 6) is 0. The molecular formula is C9H13ClN2S. The Morgan fingerprint density at radius 1 is 1.23 bits per heavy atom. The van der Waals surface area contributed by atoms with Gasteiger partial charge in [0.1, 0.15) is 5.15 Å². The van der Waals surface area contributed by atoms with Gasteiger partial charge in [-0.2, -0.15) is 0 Å². The van der Waals surface area contributed by atoms with Crippen LogP contribution in [0.4, 0.5) is 5.13 Å². The third-order valence-electron chi connectivity index (χ3n) is 2.34. The van der Waals surface area contributed by atoms with Gasteiger partial charge >= 0.3 is 0 Å². The third kappa shape index (κ3) is 2.35. The number of thiazole rings is 1. The molecule has 2 nitrogen and oxygen atoms in total.